The molecular weight excluding hydrogens is 388 g/mol. The van der Waals surface area contributed by atoms with E-state index in [1.807, 2.05) is 38.1 Å². The number of ether oxygens (including phenoxy) is 1. The molecule has 0 unspecified atom stereocenters. The Morgan fingerprint density at radius 1 is 1.10 bits per heavy atom. The number of hydrogen-bond donors (Lipinski definition) is 0. The topological polar surface area (TPSA) is 66.9 Å². The summed E-state index contributed by atoms with van der Waals surface area (Å²) in [6.45, 7) is 7.91. The average Bonchev–Trinajstić information content (AvgIpc) is 2.70. The van der Waals surface area contributed by atoms with Crippen molar-refractivity contribution in [2.75, 3.05) is 27.2 Å². The summed E-state index contributed by atoms with van der Waals surface area (Å²) in [6, 6.07) is 12.4. The van der Waals surface area contributed by atoms with Gasteiger partial charge in [-0.15, -0.1) is 6.58 Å². The van der Waals surface area contributed by atoms with E-state index in [2.05, 4.69) is 6.58 Å². The van der Waals surface area contributed by atoms with Gasteiger partial charge in [0, 0.05) is 20.1 Å². The van der Waals surface area contributed by atoms with E-state index in [0.29, 0.717) is 13.1 Å². The molecule has 0 saturated heterocycles. The molecule has 2 aromatic rings. The van der Waals surface area contributed by atoms with E-state index in [1.165, 1.54) is 7.05 Å². The molecule has 0 heterocycles. The van der Waals surface area contributed by atoms with Gasteiger partial charge < -0.3 is 9.64 Å². The van der Waals surface area contributed by atoms with Gasteiger partial charge in [-0.05, 0) is 54.8 Å². The van der Waals surface area contributed by atoms with Crippen molar-refractivity contribution in [3.05, 3.63) is 71.8 Å². The second-order valence-corrected chi connectivity index (χ2v) is 8.96. The van der Waals surface area contributed by atoms with Crippen LogP contribution >= 0.6 is 0 Å². The quantitative estimate of drug-likeness (QED) is 0.589. The van der Waals surface area contributed by atoms with E-state index >= 15 is 0 Å². The van der Waals surface area contributed by atoms with Crippen molar-refractivity contribution in [2.24, 2.45) is 0 Å². The molecule has 0 aliphatic carbocycles. The first-order valence-electron chi connectivity index (χ1n) is 9.24. The smallest absolute Gasteiger partial charge is 0.243 e. The largest absolute Gasteiger partial charge is 0.497 e. The summed E-state index contributed by atoms with van der Waals surface area (Å²) in [5.41, 5.74) is 2.82. The molecule has 7 heteroatoms. The van der Waals surface area contributed by atoms with Crippen molar-refractivity contribution < 1.29 is 17.9 Å². The second kappa shape index (κ2) is 9.71. The van der Waals surface area contributed by atoms with Crippen molar-refractivity contribution in [1.29, 1.82) is 0 Å². The van der Waals surface area contributed by atoms with Gasteiger partial charge in [-0.25, -0.2) is 8.42 Å². The summed E-state index contributed by atoms with van der Waals surface area (Å²) in [6.07, 6.45) is 1.62. The van der Waals surface area contributed by atoms with Gasteiger partial charge in [0.05, 0.1) is 18.6 Å². The molecule has 29 heavy (non-hydrogen) atoms. The molecule has 0 N–H and O–H groups in total. The number of amides is 1. The van der Waals surface area contributed by atoms with Gasteiger partial charge >= 0.3 is 0 Å². The molecule has 156 valence electrons. The molecule has 0 radical (unpaired) electrons. The molecule has 0 saturated carbocycles. The summed E-state index contributed by atoms with van der Waals surface area (Å²) >= 11 is 0. The van der Waals surface area contributed by atoms with Gasteiger partial charge in [0.1, 0.15) is 5.75 Å². The third-order valence-corrected chi connectivity index (χ3v) is 6.58. The van der Waals surface area contributed by atoms with E-state index in [-0.39, 0.29) is 17.3 Å². The summed E-state index contributed by atoms with van der Waals surface area (Å²) < 4.78 is 32.0. The van der Waals surface area contributed by atoms with E-state index in [1.54, 1.807) is 36.3 Å². The number of hydrogen-bond acceptors (Lipinski definition) is 4. The minimum Gasteiger partial charge on any atom is -0.497 e. The fourth-order valence-electron chi connectivity index (χ4n) is 2.79. The zero-order valence-corrected chi connectivity index (χ0v) is 18.2. The van der Waals surface area contributed by atoms with Crippen LogP contribution in [-0.4, -0.2) is 50.8 Å². The van der Waals surface area contributed by atoms with Crippen LogP contribution in [0.15, 0.2) is 60.0 Å². The molecule has 1 amide bonds. The zero-order valence-electron chi connectivity index (χ0n) is 17.4. The minimum absolute atomic E-state index is 0.182. The first-order chi connectivity index (χ1) is 13.7. The summed E-state index contributed by atoms with van der Waals surface area (Å²) in [5, 5.41) is 0. The Hall–Kier alpha value is -2.64. The Morgan fingerprint density at radius 3 is 2.31 bits per heavy atom. The van der Waals surface area contributed by atoms with Crippen LogP contribution in [-0.2, 0) is 21.4 Å². The van der Waals surface area contributed by atoms with Crippen LogP contribution in [0, 0.1) is 13.8 Å². The Kier molecular flexibility index (Phi) is 7.59. The molecule has 0 bridgehead atoms. The molecule has 6 nitrogen and oxygen atoms in total. The molecule has 0 spiro atoms. The van der Waals surface area contributed by atoms with Crippen LogP contribution in [0.5, 0.6) is 5.75 Å². The van der Waals surface area contributed by atoms with E-state index in [0.717, 1.165) is 26.7 Å². The lowest BCUT2D eigenvalue weighted by Gasteiger charge is -2.25. The number of benzene rings is 2. The van der Waals surface area contributed by atoms with Crippen molar-refractivity contribution in [3.8, 4) is 5.75 Å². The van der Waals surface area contributed by atoms with Crippen molar-refractivity contribution >= 4 is 15.9 Å². The molecule has 2 aromatic carbocycles. The number of rotatable bonds is 9. The second-order valence-electron chi connectivity index (χ2n) is 6.92. The van der Waals surface area contributed by atoms with Crippen LogP contribution in [0.25, 0.3) is 0 Å². The maximum Gasteiger partial charge on any atom is 0.243 e. The highest BCUT2D eigenvalue weighted by Crippen LogP contribution is 2.19. The summed E-state index contributed by atoms with van der Waals surface area (Å²) in [5.74, 6) is 0.435. The Morgan fingerprint density at radius 2 is 1.76 bits per heavy atom. The minimum atomic E-state index is -3.76. The fourth-order valence-corrected chi connectivity index (χ4v) is 4.00. The average molecular weight is 417 g/mol. The predicted octanol–water partition coefficient (Wildman–Crippen LogP) is 3.15. The molecular formula is C22H28N2O4S. The van der Waals surface area contributed by atoms with Gasteiger partial charge in [0.2, 0.25) is 15.9 Å². The molecule has 2 rings (SSSR count). The van der Waals surface area contributed by atoms with Crippen molar-refractivity contribution in [2.45, 2.75) is 25.3 Å². The number of carbonyl (C=O) groups is 1. The molecule has 0 aliphatic rings. The van der Waals surface area contributed by atoms with Gasteiger partial charge in [0.15, 0.2) is 0 Å². The molecule has 0 atom stereocenters. The lowest BCUT2D eigenvalue weighted by atomic mass is 10.1. The van der Waals surface area contributed by atoms with Crippen LogP contribution in [0.3, 0.4) is 0 Å². The highest BCUT2D eigenvalue weighted by Gasteiger charge is 2.25. The third-order valence-electron chi connectivity index (χ3n) is 4.78. The monoisotopic (exact) mass is 416 g/mol. The first-order valence-corrected chi connectivity index (χ1v) is 10.7. The van der Waals surface area contributed by atoms with Gasteiger partial charge in [-0.1, -0.05) is 24.3 Å². The number of methoxy groups -OCH3 is 1. The van der Waals surface area contributed by atoms with E-state index in [4.69, 9.17) is 4.74 Å². The molecule has 0 aromatic heterocycles. The van der Waals surface area contributed by atoms with Crippen LogP contribution in [0.1, 0.15) is 16.7 Å². The van der Waals surface area contributed by atoms with Crippen LogP contribution < -0.4 is 4.74 Å². The van der Waals surface area contributed by atoms with Gasteiger partial charge in [-0.3, -0.25) is 4.79 Å². The van der Waals surface area contributed by atoms with Crippen molar-refractivity contribution in [1.82, 2.24) is 9.21 Å². The fraction of sp³-hybridized carbons (Fsp3) is 0.318. The van der Waals surface area contributed by atoms with Crippen molar-refractivity contribution in [3.63, 3.8) is 0 Å². The number of carbonyl (C=O) groups excluding carboxylic acids is 1. The zero-order chi connectivity index (χ0) is 21.6. The third kappa shape index (κ3) is 5.68. The lowest BCUT2D eigenvalue weighted by molar-refractivity contribution is -0.131. The standard InChI is InChI=1S/C22H28N2O4S/c1-6-13-24(15-19-8-10-20(28-5)11-9-19)22(25)16-23(4)29(26,27)21-12-7-17(2)18(3)14-21/h6-12,14H,1,13,15-16H2,2-5H3. The first kappa shape index (κ1) is 22.6. The summed E-state index contributed by atoms with van der Waals surface area (Å²) in [7, 11) is -0.750. The highest BCUT2D eigenvalue weighted by molar-refractivity contribution is 7.89. The molecule has 0 aliphatic heterocycles. The summed E-state index contributed by atoms with van der Waals surface area (Å²) in [4.78, 5) is 14.6. The van der Waals surface area contributed by atoms with Crippen LogP contribution in [0.4, 0.5) is 0 Å². The normalized spacial score (nSPS) is 11.3. The van der Waals surface area contributed by atoms with Gasteiger partial charge in [-0.2, -0.15) is 4.31 Å². The number of sulfonamides is 1. The predicted molar refractivity (Wildman–Crippen MR) is 114 cm³/mol. The maximum absolute atomic E-state index is 12.9. The number of aryl methyl sites for hydroxylation is 2. The maximum atomic E-state index is 12.9. The van der Waals surface area contributed by atoms with Gasteiger partial charge in [0.25, 0.3) is 0 Å². The number of nitrogens with zero attached hydrogens (tertiary/aromatic N) is 2. The van der Waals surface area contributed by atoms with Crippen LogP contribution in [0.2, 0.25) is 0 Å². The SMILES string of the molecule is C=CCN(Cc1ccc(OC)cc1)C(=O)CN(C)S(=O)(=O)c1ccc(C)c(C)c1. The Bertz CT molecular complexity index is 969. The van der Waals surface area contributed by atoms with E-state index in [9.17, 15) is 13.2 Å². The molecule has 0 fully saturated rings. The highest BCUT2D eigenvalue weighted by atomic mass is 32.2. The Balaban J connectivity index is 2.14. The lowest BCUT2D eigenvalue weighted by Crippen LogP contribution is -2.41. The Labute approximate surface area is 173 Å². The number of likely N-dealkylation sites (N-methyl/N-ethyl adjacent to an activating group) is 1. The van der Waals surface area contributed by atoms with E-state index < -0.39 is 10.0 Å².